The maximum atomic E-state index is 14.0. The lowest BCUT2D eigenvalue weighted by Gasteiger charge is -2.24. The molecule has 2 aromatic heterocycles. The highest BCUT2D eigenvalue weighted by Crippen LogP contribution is 2.37. The number of fused-ring (bicyclic) bond motifs is 1. The van der Waals surface area contributed by atoms with Crippen molar-refractivity contribution in [1.29, 1.82) is 0 Å². The number of thiophene rings is 1. The highest BCUT2D eigenvalue weighted by Gasteiger charge is 2.35. The zero-order chi connectivity index (χ0) is 30.6. The molecule has 0 saturated carbocycles. The highest BCUT2D eigenvalue weighted by molar-refractivity contribution is 7.10. The third-order valence-electron chi connectivity index (χ3n) is 7.48. The SMILES string of the molecule is CCOC(=O)C1=C(c2ccccc2)N=c2s/c(=C/c3ccc(OCC(=O)N4CCCC4)c(OC)c3)c(=O)n2[C@@H]1c1cccs1. The van der Waals surface area contributed by atoms with Crippen molar-refractivity contribution in [2.24, 2.45) is 4.99 Å². The zero-order valence-corrected chi connectivity index (χ0v) is 26.0. The molecule has 0 spiro atoms. The number of nitrogens with zero attached hydrogens (tertiary/aromatic N) is 3. The number of thiazole rings is 1. The van der Waals surface area contributed by atoms with Gasteiger partial charge in [0.05, 0.1) is 29.5 Å². The van der Waals surface area contributed by atoms with Crippen LogP contribution < -0.4 is 24.4 Å². The summed E-state index contributed by atoms with van der Waals surface area (Å²) in [7, 11) is 1.53. The number of carbonyl (C=O) groups is 2. The van der Waals surface area contributed by atoms with E-state index in [0.29, 0.717) is 37.7 Å². The quantitative estimate of drug-likeness (QED) is 0.260. The van der Waals surface area contributed by atoms with Crippen molar-refractivity contribution in [3.63, 3.8) is 0 Å². The fourth-order valence-electron chi connectivity index (χ4n) is 5.40. The van der Waals surface area contributed by atoms with Gasteiger partial charge in [-0.25, -0.2) is 9.79 Å². The number of hydrogen-bond donors (Lipinski definition) is 0. The van der Waals surface area contributed by atoms with Crippen molar-refractivity contribution in [2.45, 2.75) is 25.8 Å². The molecule has 226 valence electrons. The number of benzene rings is 2. The topological polar surface area (TPSA) is 99.4 Å². The molecule has 9 nitrogen and oxygen atoms in total. The number of aromatic nitrogens is 1. The Hall–Kier alpha value is -4.48. The molecule has 1 atom stereocenters. The molecule has 11 heteroatoms. The average molecular weight is 630 g/mol. The van der Waals surface area contributed by atoms with E-state index < -0.39 is 12.0 Å². The summed E-state index contributed by atoms with van der Waals surface area (Å²) in [6, 6.07) is 17.9. The summed E-state index contributed by atoms with van der Waals surface area (Å²) in [5, 5.41) is 1.92. The molecule has 0 N–H and O–H groups in total. The van der Waals surface area contributed by atoms with E-state index in [0.717, 1.165) is 36.4 Å². The normalized spacial score (nSPS) is 16.5. The van der Waals surface area contributed by atoms with Gasteiger partial charge in [0.15, 0.2) is 22.9 Å². The fraction of sp³-hybridized carbons (Fsp3) is 0.273. The summed E-state index contributed by atoms with van der Waals surface area (Å²) in [6.07, 6.45) is 3.80. The van der Waals surface area contributed by atoms with Crippen molar-refractivity contribution in [2.75, 3.05) is 33.4 Å². The molecule has 4 aromatic rings. The van der Waals surface area contributed by atoms with Crippen LogP contribution in [0.3, 0.4) is 0 Å². The first kappa shape index (κ1) is 29.6. The van der Waals surface area contributed by atoms with Gasteiger partial charge in [0.1, 0.15) is 6.04 Å². The third kappa shape index (κ3) is 5.85. The van der Waals surface area contributed by atoms with Gasteiger partial charge in [-0.3, -0.25) is 14.2 Å². The Labute approximate surface area is 262 Å². The molecule has 1 amide bonds. The Morgan fingerprint density at radius 3 is 2.55 bits per heavy atom. The van der Waals surface area contributed by atoms with E-state index in [4.69, 9.17) is 19.2 Å². The van der Waals surface area contributed by atoms with Gasteiger partial charge in [-0.2, -0.15) is 0 Å². The molecule has 0 unspecified atom stereocenters. The monoisotopic (exact) mass is 629 g/mol. The summed E-state index contributed by atoms with van der Waals surface area (Å²) >= 11 is 2.72. The second-order valence-electron chi connectivity index (χ2n) is 10.2. The number of carbonyl (C=O) groups excluding carboxylic acids is 2. The zero-order valence-electron chi connectivity index (χ0n) is 24.4. The minimum absolute atomic E-state index is 0.0490. The maximum absolute atomic E-state index is 14.0. The highest BCUT2D eigenvalue weighted by atomic mass is 32.1. The number of likely N-dealkylation sites (tertiary alicyclic amines) is 1. The fourth-order valence-corrected chi connectivity index (χ4v) is 7.22. The predicted molar refractivity (Wildman–Crippen MR) is 170 cm³/mol. The van der Waals surface area contributed by atoms with Crippen molar-refractivity contribution in [1.82, 2.24) is 9.47 Å². The Bertz CT molecular complexity index is 1890. The van der Waals surface area contributed by atoms with Gasteiger partial charge in [-0.1, -0.05) is 53.8 Å². The van der Waals surface area contributed by atoms with Crippen LogP contribution >= 0.6 is 22.7 Å². The van der Waals surface area contributed by atoms with Crippen LogP contribution in [0.5, 0.6) is 11.5 Å². The first-order chi connectivity index (χ1) is 21.5. The van der Waals surface area contributed by atoms with Crippen LogP contribution in [0.4, 0.5) is 0 Å². The van der Waals surface area contributed by atoms with Gasteiger partial charge in [0, 0.05) is 23.5 Å². The van der Waals surface area contributed by atoms with Crippen LogP contribution in [0.1, 0.15) is 41.8 Å². The molecule has 1 saturated heterocycles. The first-order valence-electron chi connectivity index (χ1n) is 14.4. The second-order valence-corrected chi connectivity index (χ2v) is 12.2. The van der Waals surface area contributed by atoms with Crippen LogP contribution in [0.25, 0.3) is 11.8 Å². The van der Waals surface area contributed by atoms with Gasteiger partial charge in [-0.05, 0) is 55.0 Å². The van der Waals surface area contributed by atoms with Crippen LogP contribution in [0, 0.1) is 0 Å². The number of methoxy groups -OCH3 is 1. The lowest BCUT2D eigenvalue weighted by molar-refractivity contribution is -0.139. The minimum Gasteiger partial charge on any atom is -0.493 e. The largest absolute Gasteiger partial charge is 0.493 e. The summed E-state index contributed by atoms with van der Waals surface area (Å²) < 4.78 is 18.9. The van der Waals surface area contributed by atoms with Gasteiger partial charge in [0.25, 0.3) is 11.5 Å². The van der Waals surface area contributed by atoms with E-state index in [-0.39, 0.29) is 24.7 Å². The second kappa shape index (κ2) is 13.0. The maximum Gasteiger partial charge on any atom is 0.338 e. The average Bonchev–Trinajstić information content (AvgIpc) is 3.83. The molecular weight excluding hydrogens is 599 g/mol. The number of rotatable bonds is 9. The molecular formula is C33H31N3O6S2. The van der Waals surface area contributed by atoms with E-state index in [2.05, 4.69) is 0 Å². The molecule has 2 aliphatic rings. The van der Waals surface area contributed by atoms with Gasteiger partial charge in [0.2, 0.25) is 0 Å². The van der Waals surface area contributed by atoms with E-state index in [9.17, 15) is 14.4 Å². The summed E-state index contributed by atoms with van der Waals surface area (Å²) in [6.45, 7) is 3.41. The van der Waals surface area contributed by atoms with Crippen LogP contribution in [-0.4, -0.2) is 54.8 Å². The number of ether oxygens (including phenoxy) is 3. The Kier molecular flexibility index (Phi) is 8.76. The number of hydrogen-bond acceptors (Lipinski definition) is 9. The molecule has 0 radical (unpaired) electrons. The Balaban J connectivity index is 1.41. The van der Waals surface area contributed by atoms with Gasteiger partial charge in [-0.15, -0.1) is 11.3 Å². The minimum atomic E-state index is -0.693. The number of amides is 1. The summed E-state index contributed by atoms with van der Waals surface area (Å²) in [4.78, 5) is 48.0. The lowest BCUT2D eigenvalue weighted by atomic mass is 9.97. The molecule has 0 aliphatic carbocycles. The predicted octanol–water partition coefficient (Wildman–Crippen LogP) is 4.01. The summed E-state index contributed by atoms with van der Waals surface area (Å²) in [5.41, 5.74) is 2.02. The summed E-state index contributed by atoms with van der Waals surface area (Å²) in [5.74, 6) is 0.342. The smallest absolute Gasteiger partial charge is 0.338 e. The Morgan fingerprint density at radius 2 is 1.84 bits per heavy atom. The first-order valence-corrected chi connectivity index (χ1v) is 16.1. The van der Waals surface area contributed by atoms with Gasteiger partial charge < -0.3 is 19.1 Å². The Morgan fingerprint density at radius 1 is 1.05 bits per heavy atom. The molecule has 4 heterocycles. The van der Waals surface area contributed by atoms with E-state index in [1.54, 1.807) is 34.6 Å². The van der Waals surface area contributed by atoms with E-state index in [1.807, 2.05) is 53.9 Å². The molecule has 44 heavy (non-hydrogen) atoms. The lowest BCUT2D eigenvalue weighted by Crippen LogP contribution is -2.39. The number of esters is 1. The molecule has 6 rings (SSSR count). The molecule has 1 fully saturated rings. The van der Waals surface area contributed by atoms with Crippen LogP contribution in [0.2, 0.25) is 0 Å². The molecule has 2 aromatic carbocycles. The van der Waals surface area contributed by atoms with Crippen molar-refractivity contribution >= 4 is 46.3 Å². The molecule has 0 bridgehead atoms. The standard InChI is InChI=1S/C33H31N3O6S2/c1-3-41-32(39)28-29(22-10-5-4-6-11-22)34-33-36(30(28)25-12-9-17-43-25)31(38)26(44-33)19-21-13-14-23(24(18-21)40-2)42-20-27(37)35-15-7-8-16-35/h4-6,9-14,17-19,30H,3,7-8,15-16,20H2,1-2H3/b26-19+/t30-/m1/s1. The van der Waals surface area contributed by atoms with Crippen LogP contribution in [-0.2, 0) is 14.3 Å². The van der Waals surface area contributed by atoms with Gasteiger partial charge >= 0.3 is 5.97 Å². The molecule has 2 aliphatic heterocycles. The van der Waals surface area contributed by atoms with E-state index >= 15 is 0 Å². The van der Waals surface area contributed by atoms with Crippen molar-refractivity contribution < 1.29 is 23.8 Å². The van der Waals surface area contributed by atoms with Crippen LogP contribution in [0.15, 0.2) is 81.4 Å². The third-order valence-corrected chi connectivity index (χ3v) is 9.39. The van der Waals surface area contributed by atoms with Crippen molar-refractivity contribution in [3.05, 3.63) is 107 Å². The van der Waals surface area contributed by atoms with E-state index in [1.165, 1.54) is 29.8 Å². The van der Waals surface area contributed by atoms with Crippen molar-refractivity contribution in [3.8, 4) is 11.5 Å².